The highest BCUT2D eigenvalue weighted by Gasteiger charge is 2.41. The Hall–Kier alpha value is -1.40. The Balaban J connectivity index is 3.19. The first-order valence-corrected chi connectivity index (χ1v) is 9.95. The molecule has 0 atom stereocenters. The van der Waals surface area contributed by atoms with Gasteiger partial charge in [-0.3, -0.25) is 9.78 Å². The van der Waals surface area contributed by atoms with E-state index in [1.807, 2.05) is 13.0 Å². The summed E-state index contributed by atoms with van der Waals surface area (Å²) in [5.41, 5.74) is 6.54. The molecule has 0 aromatic carbocycles. The van der Waals surface area contributed by atoms with Crippen LogP contribution in [0.1, 0.15) is 57.6 Å². The molecule has 0 aliphatic carbocycles. The van der Waals surface area contributed by atoms with Crippen molar-refractivity contribution in [3.05, 3.63) is 29.6 Å². The summed E-state index contributed by atoms with van der Waals surface area (Å²) in [5.74, 6) is 2.77. The molecular formula is C18H27NOSi. The van der Waals surface area contributed by atoms with Crippen LogP contribution in [0, 0.1) is 18.4 Å². The molecule has 0 saturated heterocycles. The SMILES string of the molecule is Cc1ccnc(C(=O)C#C[Si](C(C)C)(C(C)C)C(C)C)c1. The number of carbonyl (C=O) groups excluding carboxylic acids is 1. The van der Waals surface area contributed by atoms with Crippen molar-refractivity contribution in [2.45, 2.75) is 65.1 Å². The average Bonchev–Trinajstić information content (AvgIpc) is 2.37. The number of hydrogen-bond donors (Lipinski definition) is 0. The minimum atomic E-state index is -1.85. The van der Waals surface area contributed by atoms with E-state index in [0.717, 1.165) is 5.56 Å². The first kappa shape index (κ1) is 17.6. The van der Waals surface area contributed by atoms with E-state index in [1.165, 1.54) is 0 Å². The van der Waals surface area contributed by atoms with E-state index in [-0.39, 0.29) is 5.78 Å². The fourth-order valence-electron chi connectivity index (χ4n) is 3.32. The largest absolute Gasteiger partial charge is 0.277 e. The molecule has 114 valence electrons. The summed E-state index contributed by atoms with van der Waals surface area (Å²) in [7, 11) is -1.85. The van der Waals surface area contributed by atoms with E-state index < -0.39 is 8.07 Å². The second kappa shape index (κ2) is 7.04. The summed E-state index contributed by atoms with van der Waals surface area (Å²) in [6, 6.07) is 3.69. The molecule has 0 bridgehead atoms. The molecule has 0 unspecified atom stereocenters. The monoisotopic (exact) mass is 301 g/mol. The number of aromatic nitrogens is 1. The molecule has 1 aromatic heterocycles. The Morgan fingerprint density at radius 3 is 2.05 bits per heavy atom. The number of hydrogen-bond acceptors (Lipinski definition) is 2. The van der Waals surface area contributed by atoms with Crippen LogP contribution in [-0.2, 0) is 0 Å². The maximum absolute atomic E-state index is 12.3. The van der Waals surface area contributed by atoms with Crippen molar-refractivity contribution in [2.75, 3.05) is 0 Å². The van der Waals surface area contributed by atoms with Crippen molar-refractivity contribution < 1.29 is 4.79 Å². The lowest BCUT2D eigenvalue weighted by Gasteiger charge is -2.37. The van der Waals surface area contributed by atoms with Crippen LogP contribution in [-0.4, -0.2) is 18.8 Å². The predicted octanol–water partition coefficient (Wildman–Crippen LogP) is 4.79. The molecular weight excluding hydrogens is 274 g/mol. The van der Waals surface area contributed by atoms with Crippen molar-refractivity contribution in [1.29, 1.82) is 0 Å². The second-order valence-corrected chi connectivity index (χ2v) is 12.3. The van der Waals surface area contributed by atoms with Crippen molar-refractivity contribution in [1.82, 2.24) is 4.98 Å². The standard InChI is InChI=1S/C18H27NOSi/c1-13(2)21(14(3)4,15(5)6)11-9-18(20)17-12-16(7)8-10-19-17/h8,10,12-15H,1-7H3. The number of aryl methyl sites for hydroxylation is 1. The number of carbonyl (C=O) groups is 1. The highest BCUT2D eigenvalue weighted by molar-refractivity contribution is 6.90. The van der Waals surface area contributed by atoms with Gasteiger partial charge in [0.1, 0.15) is 13.8 Å². The van der Waals surface area contributed by atoms with E-state index in [2.05, 4.69) is 58.0 Å². The maximum Gasteiger partial charge on any atom is 0.253 e. The van der Waals surface area contributed by atoms with Crippen LogP contribution in [0.2, 0.25) is 16.6 Å². The van der Waals surface area contributed by atoms with Gasteiger partial charge in [-0.25, -0.2) is 0 Å². The van der Waals surface area contributed by atoms with Gasteiger partial charge in [0.05, 0.1) is 0 Å². The minimum absolute atomic E-state index is 0.155. The molecule has 1 aromatic rings. The molecule has 21 heavy (non-hydrogen) atoms. The van der Waals surface area contributed by atoms with Gasteiger partial charge >= 0.3 is 0 Å². The van der Waals surface area contributed by atoms with Crippen LogP contribution < -0.4 is 0 Å². The van der Waals surface area contributed by atoms with Crippen LogP contribution in [0.4, 0.5) is 0 Å². The maximum atomic E-state index is 12.3. The zero-order valence-electron chi connectivity index (χ0n) is 14.3. The van der Waals surface area contributed by atoms with Crippen LogP contribution >= 0.6 is 0 Å². The van der Waals surface area contributed by atoms with E-state index in [4.69, 9.17) is 0 Å². The topological polar surface area (TPSA) is 30.0 Å². The number of ketones is 1. The van der Waals surface area contributed by atoms with Gasteiger partial charge in [-0.2, -0.15) is 0 Å². The average molecular weight is 302 g/mol. The molecule has 0 N–H and O–H groups in total. The fraction of sp³-hybridized carbons (Fsp3) is 0.556. The van der Waals surface area contributed by atoms with E-state index in [0.29, 0.717) is 22.3 Å². The summed E-state index contributed by atoms with van der Waals surface area (Å²) in [5, 5.41) is 0. The van der Waals surface area contributed by atoms with Crippen molar-refractivity contribution in [3.63, 3.8) is 0 Å². The number of nitrogens with zero attached hydrogens (tertiary/aromatic N) is 1. The molecule has 0 fully saturated rings. The van der Waals surface area contributed by atoms with Gasteiger partial charge in [0, 0.05) is 6.20 Å². The Morgan fingerprint density at radius 1 is 1.10 bits per heavy atom. The molecule has 2 nitrogen and oxygen atoms in total. The molecule has 0 amide bonds. The lowest BCUT2D eigenvalue weighted by Crippen LogP contribution is -2.43. The third-order valence-electron chi connectivity index (χ3n) is 4.41. The van der Waals surface area contributed by atoms with Crippen molar-refractivity contribution in [2.24, 2.45) is 0 Å². The molecule has 0 saturated carbocycles. The van der Waals surface area contributed by atoms with Crippen LogP contribution in [0.15, 0.2) is 18.3 Å². The van der Waals surface area contributed by atoms with Gasteiger partial charge in [-0.05, 0) is 47.2 Å². The Bertz CT molecular complexity index is 542. The fourth-order valence-corrected chi connectivity index (χ4v) is 8.52. The molecule has 1 heterocycles. The molecule has 0 spiro atoms. The summed E-state index contributed by atoms with van der Waals surface area (Å²) >= 11 is 0. The minimum Gasteiger partial charge on any atom is -0.277 e. The van der Waals surface area contributed by atoms with Crippen molar-refractivity contribution in [3.8, 4) is 11.5 Å². The zero-order chi connectivity index (χ0) is 16.2. The highest BCUT2D eigenvalue weighted by atomic mass is 28.3. The van der Waals surface area contributed by atoms with E-state index >= 15 is 0 Å². The lowest BCUT2D eigenvalue weighted by atomic mass is 10.2. The molecule has 0 aliphatic heterocycles. The molecule has 1 rings (SSSR count). The third-order valence-corrected chi connectivity index (χ3v) is 10.7. The van der Waals surface area contributed by atoms with Gasteiger partial charge in [0.2, 0.25) is 0 Å². The normalized spacial score (nSPS) is 11.7. The predicted molar refractivity (Wildman–Crippen MR) is 92.1 cm³/mol. The Kier molecular flexibility index (Phi) is 5.92. The quantitative estimate of drug-likeness (QED) is 0.454. The van der Waals surface area contributed by atoms with Crippen LogP contribution in [0.5, 0.6) is 0 Å². The van der Waals surface area contributed by atoms with Gasteiger partial charge in [0.15, 0.2) is 0 Å². The summed E-state index contributed by atoms with van der Waals surface area (Å²) in [6.45, 7) is 15.4. The Labute approximate surface area is 130 Å². The third kappa shape index (κ3) is 3.82. The van der Waals surface area contributed by atoms with Crippen molar-refractivity contribution >= 4 is 13.9 Å². The Morgan fingerprint density at radius 2 is 1.62 bits per heavy atom. The van der Waals surface area contributed by atoms with Crippen LogP contribution in [0.25, 0.3) is 0 Å². The number of Topliss-reactive ketones (excluding diaryl/α,β-unsaturated/α-hetero) is 1. The summed E-state index contributed by atoms with van der Waals surface area (Å²) < 4.78 is 0. The smallest absolute Gasteiger partial charge is 0.253 e. The molecule has 0 aliphatic rings. The molecule has 3 heteroatoms. The van der Waals surface area contributed by atoms with Gasteiger partial charge in [-0.15, -0.1) is 5.54 Å². The molecule has 0 radical (unpaired) electrons. The first-order valence-electron chi connectivity index (χ1n) is 7.72. The zero-order valence-corrected chi connectivity index (χ0v) is 15.3. The lowest BCUT2D eigenvalue weighted by molar-refractivity contribution is 0.105. The van der Waals surface area contributed by atoms with Gasteiger partial charge in [0.25, 0.3) is 5.78 Å². The summed E-state index contributed by atoms with van der Waals surface area (Å²) in [4.78, 5) is 16.4. The van der Waals surface area contributed by atoms with E-state index in [1.54, 1.807) is 12.3 Å². The van der Waals surface area contributed by atoms with Gasteiger partial charge < -0.3 is 0 Å². The summed E-state index contributed by atoms with van der Waals surface area (Å²) in [6.07, 6.45) is 1.67. The highest BCUT2D eigenvalue weighted by Crippen LogP contribution is 2.40. The van der Waals surface area contributed by atoms with E-state index in [9.17, 15) is 4.79 Å². The number of pyridine rings is 1. The second-order valence-electron chi connectivity index (χ2n) is 6.69. The van der Waals surface area contributed by atoms with Gasteiger partial charge in [-0.1, -0.05) is 41.5 Å². The first-order chi connectivity index (χ1) is 9.71. The van der Waals surface area contributed by atoms with Crippen LogP contribution in [0.3, 0.4) is 0 Å². The number of rotatable bonds is 4.